The third-order valence-corrected chi connectivity index (χ3v) is 2.68. The first-order valence-electron chi connectivity index (χ1n) is 5.74. The van der Waals surface area contributed by atoms with E-state index in [0.29, 0.717) is 6.54 Å². The van der Waals surface area contributed by atoms with Crippen molar-refractivity contribution in [1.82, 2.24) is 4.90 Å². The molecule has 0 aliphatic heterocycles. The normalized spacial score (nSPS) is 9.94. The highest BCUT2D eigenvalue weighted by Crippen LogP contribution is 2.10. The van der Waals surface area contributed by atoms with Crippen molar-refractivity contribution in [2.45, 2.75) is 20.3 Å². The Hall–Kier alpha value is -1.51. The number of nitrogens with zero attached hydrogens (tertiary/aromatic N) is 1. The van der Waals surface area contributed by atoms with Gasteiger partial charge in [-0.05, 0) is 31.0 Å². The standard InChI is InChI=1S/C13H20N2O/c1-4-11-7-6-8-12(9-11)14-10-13(16)15(3)5-2/h6-9,14H,4-5,10H2,1-3H3. The number of nitrogens with one attached hydrogen (secondary N) is 1. The summed E-state index contributed by atoms with van der Waals surface area (Å²) in [6.07, 6.45) is 1.01. The first-order valence-corrected chi connectivity index (χ1v) is 5.74. The summed E-state index contributed by atoms with van der Waals surface area (Å²) in [5, 5.41) is 3.14. The van der Waals surface area contributed by atoms with Gasteiger partial charge in [0.1, 0.15) is 0 Å². The van der Waals surface area contributed by atoms with E-state index in [2.05, 4.69) is 24.4 Å². The van der Waals surface area contributed by atoms with Crippen molar-refractivity contribution in [3.05, 3.63) is 29.8 Å². The second kappa shape index (κ2) is 6.16. The number of carbonyl (C=O) groups is 1. The third-order valence-electron chi connectivity index (χ3n) is 2.68. The van der Waals surface area contributed by atoms with Gasteiger partial charge in [-0.15, -0.1) is 0 Å². The van der Waals surface area contributed by atoms with E-state index < -0.39 is 0 Å². The van der Waals surface area contributed by atoms with E-state index in [1.807, 2.05) is 26.1 Å². The average Bonchev–Trinajstić information content (AvgIpc) is 2.35. The van der Waals surface area contributed by atoms with Crippen molar-refractivity contribution < 1.29 is 4.79 Å². The molecular formula is C13H20N2O. The molecule has 0 fully saturated rings. The molecule has 0 saturated heterocycles. The summed E-state index contributed by atoms with van der Waals surface area (Å²) < 4.78 is 0. The van der Waals surface area contributed by atoms with Crippen LogP contribution in [0.1, 0.15) is 19.4 Å². The van der Waals surface area contributed by atoms with E-state index in [-0.39, 0.29) is 5.91 Å². The maximum atomic E-state index is 11.6. The van der Waals surface area contributed by atoms with Crippen LogP contribution in [0.3, 0.4) is 0 Å². The Kier molecular flexibility index (Phi) is 4.83. The largest absolute Gasteiger partial charge is 0.376 e. The lowest BCUT2D eigenvalue weighted by Crippen LogP contribution is -2.31. The van der Waals surface area contributed by atoms with E-state index in [1.165, 1.54) is 5.56 Å². The zero-order valence-electron chi connectivity index (χ0n) is 10.3. The van der Waals surface area contributed by atoms with Crippen LogP contribution in [-0.4, -0.2) is 30.9 Å². The molecule has 1 N–H and O–H groups in total. The molecule has 3 nitrogen and oxygen atoms in total. The Morgan fingerprint density at radius 1 is 1.38 bits per heavy atom. The predicted molar refractivity (Wildman–Crippen MR) is 67.6 cm³/mol. The van der Waals surface area contributed by atoms with Crippen LogP contribution < -0.4 is 5.32 Å². The lowest BCUT2D eigenvalue weighted by molar-refractivity contribution is -0.127. The van der Waals surface area contributed by atoms with Crippen LogP contribution in [0.2, 0.25) is 0 Å². The first kappa shape index (κ1) is 12.6. The number of rotatable bonds is 5. The van der Waals surface area contributed by atoms with Crippen LogP contribution in [0.25, 0.3) is 0 Å². The smallest absolute Gasteiger partial charge is 0.241 e. The molecule has 88 valence electrons. The highest BCUT2D eigenvalue weighted by molar-refractivity contribution is 5.80. The summed E-state index contributed by atoms with van der Waals surface area (Å²) in [6, 6.07) is 8.16. The van der Waals surface area contributed by atoms with Gasteiger partial charge in [0.15, 0.2) is 0 Å². The highest BCUT2D eigenvalue weighted by Gasteiger charge is 2.05. The van der Waals surface area contributed by atoms with Gasteiger partial charge < -0.3 is 10.2 Å². The molecule has 0 unspecified atom stereocenters. The SMILES string of the molecule is CCc1cccc(NCC(=O)N(C)CC)c1. The first-order chi connectivity index (χ1) is 7.67. The van der Waals surface area contributed by atoms with Crippen molar-refractivity contribution in [1.29, 1.82) is 0 Å². The van der Waals surface area contributed by atoms with E-state index >= 15 is 0 Å². The summed E-state index contributed by atoms with van der Waals surface area (Å²) in [5.74, 6) is 0.115. The topological polar surface area (TPSA) is 32.3 Å². The Bertz CT molecular complexity index is 350. The van der Waals surface area contributed by atoms with Gasteiger partial charge >= 0.3 is 0 Å². The minimum absolute atomic E-state index is 0.115. The highest BCUT2D eigenvalue weighted by atomic mass is 16.2. The molecule has 16 heavy (non-hydrogen) atoms. The Morgan fingerprint density at radius 3 is 2.75 bits per heavy atom. The Morgan fingerprint density at radius 2 is 2.12 bits per heavy atom. The van der Waals surface area contributed by atoms with Crippen molar-refractivity contribution in [3.63, 3.8) is 0 Å². The second-order valence-corrected chi connectivity index (χ2v) is 3.82. The maximum absolute atomic E-state index is 11.6. The molecule has 0 atom stereocenters. The van der Waals surface area contributed by atoms with Crippen molar-refractivity contribution in [2.24, 2.45) is 0 Å². The number of hydrogen-bond donors (Lipinski definition) is 1. The van der Waals surface area contributed by atoms with Crippen LogP contribution in [0.5, 0.6) is 0 Å². The molecule has 0 spiro atoms. The molecule has 0 radical (unpaired) electrons. The second-order valence-electron chi connectivity index (χ2n) is 3.82. The van der Waals surface area contributed by atoms with Crippen LogP contribution >= 0.6 is 0 Å². The fraction of sp³-hybridized carbons (Fsp3) is 0.462. The van der Waals surface area contributed by atoms with Crippen LogP contribution in [-0.2, 0) is 11.2 Å². The molecule has 0 saturated carbocycles. The molecular weight excluding hydrogens is 200 g/mol. The van der Waals surface area contributed by atoms with Gasteiger partial charge in [-0.25, -0.2) is 0 Å². The van der Waals surface area contributed by atoms with Gasteiger partial charge in [-0.1, -0.05) is 19.1 Å². The number of hydrogen-bond acceptors (Lipinski definition) is 2. The Balaban J connectivity index is 2.51. The van der Waals surface area contributed by atoms with E-state index in [4.69, 9.17) is 0 Å². The average molecular weight is 220 g/mol. The Labute approximate surface area is 97.5 Å². The molecule has 0 heterocycles. The zero-order valence-corrected chi connectivity index (χ0v) is 10.3. The number of likely N-dealkylation sites (N-methyl/N-ethyl adjacent to an activating group) is 1. The lowest BCUT2D eigenvalue weighted by atomic mass is 10.1. The van der Waals surface area contributed by atoms with Crippen LogP contribution in [0.4, 0.5) is 5.69 Å². The van der Waals surface area contributed by atoms with Gasteiger partial charge in [0.05, 0.1) is 6.54 Å². The summed E-state index contributed by atoms with van der Waals surface area (Å²) in [7, 11) is 1.81. The molecule has 1 amide bonds. The van der Waals surface area contributed by atoms with Gasteiger partial charge in [0.25, 0.3) is 0 Å². The number of amides is 1. The molecule has 0 aliphatic rings. The molecule has 3 heteroatoms. The summed E-state index contributed by atoms with van der Waals surface area (Å²) >= 11 is 0. The minimum Gasteiger partial charge on any atom is -0.376 e. The van der Waals surface area contributed by atoms with Crippen molar-refractivity contribution >= 4 is 11.6 Å². The van der Waals surface area contributed by atoms with Crippen molar-refractivity contribution in [3.8, 4) is 0 Å². The quantitative estimate of drug-likeness (QED) is 0.824. The molecule has 1 aromatic rings. The fourth-order valence-electron chi connectivity index (χ4n) is 1.39. The lowest BCUT2D eigenvalue weighted by Gasteiger charge is -2.15. The van der Waals surface area contributed by atoms with Crippen LogP contribution in [0.15, 0.2) is 24.3 Å². The molecule has 0 aliphatic carbocycles. The predicted octanol–water partition coefficient (Wildman–Crippen LogP) is 2.14. The molecule has 1 rings (SSSR count). The van der Waals surface area contributed by atoms with Gasteiger partial charge in [-0.2, -0.15) is 0 Å². The van der Waals surface area contributed by atoms with Crippen molar-refractivity contribution in [2.75, 3.05) is 25.5 Å². The van der Waals surface area contributed by atoms with E-state index in [0.717, 1.165) is 18.7 Å². The molecule has 1 aromatic carbocycles. The summed E-state index contributed by atoms with van der Waals surface area (Å²) in [6.45, 7) is 5.19. The van der Waals surface area contributed by atoms with E-state index in [1.54, 1.807) is 4.90 Å². The number of aryl methyl sites for hydroxylation is 1. The number of benzene rings is 1. The molecule has 0 aromatic heterocycles. The fourth-order valence-corrected chi connectivity index (χ4v) is 1.39. The third kappa shape index (κ3) is 3.57. The van der Waals surface area contributed by atoms with E-state index in [9.17, 15) is 4.79 Å². The molecule has 0 bridgehead atoms. The minimum atomic E-state index is 0.115. The van der Waals surface area contributed by atoms with Gasteiger partial charge in [0.2, 0.25) is 5.91 Å². The van der Waals surface area contributed by atoms with Gasteiger partial charge in [0, 0.05) is 19.3 Å². The van der Waals surface area contributed by atoms with Crippen LogP contribution in [0, 0.1) is 0 Å². The summed E-state index contributed by atoms with van der Waals surface area (Å²) in [5.41, 5.74) is 2.29. The maximum Gasteiger partial charge on any atom is 0.241 e. The number of anilines is 1. The zero-order chi connectivity index (χ0) is 12.0. The summed E-state index contributed by atoms with van der Waals surface area (Å²) in [4.78, 5) is 13.3. The number of carbonyl (C=O) groups excluding carboxylic acids is 1. The monoisotopic (exact) mass is 220 g/mol. The van der Waals surface area contributed by atoms with Gasteiger partial charge in [-0.3, -0.25) is 4.79 Å².